The molecular formula is C26H34N8O2. The summed E-state index contributed by atoms with van der Waals surface area (Å²) in [6, 6.07) is 9.87. The van der Waals surface area contributed by atoms with Gasteiger partial charge in [0.25, 0.3) is 0 Å². The molecule has 3 amide bonds. The van der Waals surface area contributed by atoms with E-state index in [1.165, 1.54) is 11.1 Å². The number of hydrogen-bond donors (Lipinski definition) is 2. The minimum Gasteiger partial charge on any atom is -0.356 e. The fourth-order valence-corrected chi connectivity index (χ4v) is 4.25. The summed E-state index contributed by atoms with van der Waals surface area (Å²) in [5, 5.41) is 5.99. The Morgan fingerprint density at radius 3 is 2.64 bits per heavy atom. The number of piperazine rings is 1. The van der Waals surface area contributed by atoms with Crippen LogP contribution in [0.5, 0.6) is 0 Å². The van der Waals surface area contributed by atoms with Gasteiger partial charge < -0.3 is 20.4 Å². The molecule has 1 saturated heterocycles. The highest BCUT2D eigenvalue weighted by Gasteiger charge is 2.32. The Morgan fingerprint density at radius 2 is 1.89 bits per heavy atom. The van der Waals surface area contributed by atoms with Crippen LogP contribution in [0.4, 0.5) is 10.6 Å². The van der Waals surface area contributed by atoms with Crippen molar-refractivity contribution in [1.82, 2.24) is 35.1 Å². The van der Waals surface area contributed by atoms with Crippen molar-refractivity contribution < 1.29 is 9.59 Å². The molecule has 0 saturated carbocycles. The zero-order chi connectivity index (χ0) is 25.3. The van der Waals surface area contributed by atoms with Crippen molar-refractivity contribution in [3.63, 3.8) is 0 Å². The molecule has 0 aliphatic carbocycles. The van der Waals surface area contributed by atoms with Crippen LogP contribution < -0.4 is 15.5 Å². The first-order valence-corrected chi connectivity index (χ1v) is 12.5. The molecule has 1 aliphatic heterocycles. The Bertz CT molecular complexity index is 1130. The summed E-state index contributed by atoms with van der Waals surface area (Å²) < 4.78 is 1.74. The number of amides is 3. The standard InChI is InChI=1S/C26H34N8O2/c1-3-10-30-26(36)32-15-16-34(23-9-12-29-25(31-23)33-14-13-27-19-33)22(18-32)17-24(35)28-11-8-21-6-4-20(2)5-7-21/h4-7,9,12-14,19,22H,3,8,10-11,15-18H2,1-2H3,(H,28,35)(H,30,36). The summed E-state index contributed by atoms with van der Waals surface area (Å²) in [7, 11) is 0. The molecule has 3 heterocycles. The van der Waals surface area contributed by atoms with Crippen molar-refractivity contribution >= 4 is 17.8 Å². The number of urea groups is 1. The van der Waals surface area contributed by atoms with Crippen molar-refractivity contribution in [2.45, 2.75) is 39.2 Å². The number of carbonyl (C=O) groups is 2. The lowest BCUT2D eigenvalue weighted by Gasteiger charge is -2.41. The number of rotatable bonds is 9. The number of benzene rings is 1. The van der Waals surface area contributed by atoms with Gasteiger partial charge in [0.1, 0.15) is 12.1 Å². The highest BCUT2D eigenvalue weighted by Crippen LogP contribution is 2.21. The SMILES string of the molecule is CCCNC(=O)N1CCN(c2ccnc(-n3ccnc3)n2)C(CC(=O)NCCc2ccc(C)cc2)C1. The van der Waals surface area contributed by atoms with E-state index < -0.39 is 0 Å². The first kappa shape index (κ1) is 25.2. The normalized spacial score (nSPS) is 15.6. The van der Waals surface area contributed by atoms with E-state index in [-0.39, 0.29) is 24.4 Å². The van der Waals surface area contributed by atoms with Gasteiger partial charge in [-0.1, -0.05) is 36.8 Å². The molecule has 1 aliphatic rings. The smallest absolute Gasteiger partial charge is 0.317 e. The van der Waals surface area contributed by atoms with Crippen LogP contribution in [0.3, 0.4) is 0 Å². The van der Waals surface area contributed by atoms with Crippen molar-refractivity contribution in [3.8, 4) is 5.95 Å². The molecule has 10 nitrogen and oxygen atoms in total. The van der Waals surface area contributed by atoms with Crippen LogP contribution in [0.1, 0.15) is 30.9 Å². The number of imidazole rings is 1. The predicted molar refractivity (Wildman–Crippen MR) is 138 cm³/mol. The van der Waals surface area contributed by atoms with Crippen LogP contribution in [-0.4, -0.2) is 75.1 Å². The number of anilines is 1. The molecule has 3 aromatic rings. The largest absolute Gasteiger partial charge is 0.356 e. The molecule has 1 atom stereocenters. The van der Waals surface area contributed by atoms with E-state index >= 15 is 0 Å². The quantitative estimate of drug-likeness (QED) is 0.477. The van der Waals surface area contributed by atoms with Crippen molar-refractivity contribution in [3.05, 3.63) is 66.4 Å². The van der Waals surface area contributed by atoms with E-state index in [1.807, 2.05) is 13.0 Å². The number of nitrogens with one attached hydrogen (secondary N) is 2. The molecular weight excluding hydrogens is 456 g/mol. The summed E-state index contributed by atoms with van der Waals surface area (Å²) in [4.78, 5) is 42.6. The second kappa shape index (κ2) is 12.1. The molecule has 36 heavy (non-hydrogen) atoms. The lowest BCUT2D eigenvalue weighted by atomic mass is 10.1. The Labute approximate surface area is 211 Å². The second-order valence-corrected chi connectivity index (χ2v) is 9.00. The monoisotopic (exact) mass is 490 g/mol. The summed E-state index contributed by atoms with van der Waals surface area (Å²) in [5.41, 5.74) is 2.40. The van der Waals surface area contributed by atoms with Gasteiger partial charge in [-0.25, -0.2) is 14.8 Å². The third kappa shape index (κ3) is 6.59. The average Bonchev–Trinajstić information content (AvgIpc) is 3.44. The van der Waals surface area contributed by atoms with Crippen molar-refractivity contribution in [1.29, 1.82) is 0 Å². The maximum absolute atomic E-state index is 12.9. The predicted octanol–water partition coefficient (Wildman–Crippen LogP) is 2.33. The van der Waals surface area contributed by atoms with Gasteiger partial charge in [0.15, 0.2) is 0 Å². The number of aromatic nitrogens is 4. The van der Waals surface area contributed by atoms with E-state index in [2.05, 4.69) is 56.7 Å². The molecule has 1 unspecified atom stereocenters. The van der Waals surface area contributed by atoms with Gasteiger partial charge in [0, 0.05) is 57.7 Å². The second-order valence-electron chi connectivity index (χ2n) is 9.00. The highest BCUT2D eigenvalue weighted by molar-refractivity contribution is 5.78. The Kier molecular flexibility index (Phi) is 8.48. The zero-order valence-corrected chi connectivity index (χ0v) is 20.9. The van der Waals surface area contributed by atoms with Gasteiger partial charge in [-0.05, 0) is 31.4 Å². The van der Waals surface area contributed by atoms with Gasteiger partial charge in [-0.3, -0.25) is 9.36 Å². The number of nitrogens with zero attached hydrogens (tertiary/aromatic N) is 6. The van der Waals surface area contributed by atoms with Crippen LogP contribution in [-0.2, 0) is 11.2 Å². The van der Waals surface area contributed by atoms with Gasteiger partial charge in [-0.15, -0.1) is 0 Å². The van der Waals surface area contributed by atoms with Gasteiger partial charge >= 0.3 is 6.03 Å². The van der Waals surface area contributed by atoms with E-state index in [0.717, 1.165) is 18.7 Å². The molecule has 1 aromatic carbocycles. The molecule has 2 aromatic heterocycles. The summed E-state index contributed by atoms with van der Waals surface area (Å²) in [6.45, 7) is 6.83. The molecule has 0 bridgehead atoms. The lowest BCUT2D eigenvalue weighted by molar-refractivity contribution is -0.121. The first-order valence-electron chi connectivity index (χ1n) is 12.5. The Hall–Kier alpha value is -3.95. The fraction of sp³-hybridized carbons (Fsp3) is 0.423. The Balaban J connectivity index is 1.44. The lowest BCUT2D eigenvalue weighted by Crippen LogP contribution is -2.58. The fourth-order valence-electron chi connectivity index (χ4n) is 4.25. The summed E-state index contributed by atoms with van der Waals surface area (Å²) in [5.74, 6) is 1.19. The number of aryl methyl sites for hydroxylation is 1. The number of hydrogen-bond acceptors (Lipinski definition) is 6. The van der Waals surface area contributed by atoms with Crippen molar-refractivity contribution in [2.75, 3.05) is 37.6 Å². The molecule has 10 heteroatoms. The van der Waals surface area contributed by atoms with Crippen molar-refractivity contribution in [2.24, 2.45) is 0 Å². The minimum absolute atomic E-state index is 0.0446. The molecule has 0 radical (unpaired) electrons. The third-order valence-electron chi connectivity index (χ3n) is 6.23. The third-order valence-corrected chi connectivity index (χ3v) is 6.23. The first-order chi connectivity index (χ1) is 17.5. The van der Waals surface area contributed by atoms with Crippen LogP contribution in [0, 0.1) is 6.92 Å². The van der Waals surface area contributed by atoms with Gasteiger partial charge in [0.05, 0.1) is 6.04 Å². The highest BCUT2D eigenvalue weighted by atomic mass is 16.2. The molecule has 2 N–H and O–H groups in total. The van der Waals surface area contributed by atoms with E-state index in [4.69, 9.17) is 4.98 Å². The maximum atomic E-state index is 12.9. The number of carbonyl (C=O) groups excluding carboxylic acids is 2. The zero-order valence-electron chi connectivity index (χ0n) is 20.9. The van der Waals surface area contributed by atoms with Crippen LogP contribution in [0.15, 0.2) is 55.2 Å². The van der Waals surface area contributed by atoms with E-state index in [0.29, 0.717) is 38.7 Å². The molecule has 4 rings (SSSR count). The molecule has 190 valence electrons. The molecule has 0 spiro atoms. The average molecular weight is 491 g/mol. The van der Waals surface area contributed by atoms with Gasteiger partial charge in [-0.2, -0.15) is 4.98 Å². The summed E-state index contributed by atoms with van der Waals surface area (Å²) in [6.07, 6.45) is 8.71. The Morgan fingerprint density at radius 1 is 1.06 bits per heavy atom. The molecule has 1 fully saturated rings. The van der Waals surface area contributed by atoms with Crippen LogP contribution in [0.25, 0.3) is 5.95 Å². The topological polar surface area (TPSA) is 108 Å². The minimum atomic E-state index is -0.212. The maximum Gasteiger partial charge on any atom is 0.317 e. The van der Waals surface area contributed by atoms with E-state index in [9.17, 15) is 9.59 Å². The van der Waals surface area contributed by atoms with Crippen LogP contribution in [0.2, 0.25) is 0 Å². The van der Waals surface area contributed by atoms with Crippen LogP contribution >= 0.6 is 0 Å². The summed E-state index contributed by atoms with van der Waals surface area (Å²) >= 11 is 0. The van der Waals surface area contributed by atoms with E-state index in [1.54, 1.807) is 34.4 Å². The van der Waals surface area contributed by atoms with Gasteiger partial charge in [0.2, 0.25) is 11.9 Å².